The van der Waals surface area contributed by atoms with Gasteiger partial charge in [-0.3, -0.25) is 0 Å². The average molecular weight is 367 g/mol. The summed E-state index contributed by atoms with van der Waals surface area (Å²) in [6.45, 7) is 9.27. The van der Waals surface area contributed by atoms with E-state index in [-0.39, 0.29) is 0 Å². The number of rotatable bonds is 5. The Morgan fingerprint density at radius 1 is 0.500 bits per heavy atom. The molecule has 142 valence electrons. The van der Waals surface area contributed by atoms with E-state index < -0.39 is 0 Å². The van der Waals surface area contributed by atoms with Gasteiger partial charge >= 0.3 is 0 Å². The smallest absolute Gasteiger partial charge is 0.00642 e. The van der Waals surface area contributed by atoms with Crippen LogP contribution in [0.3, 0.4) is 0 Å². The number of hydrogen-bond acceptors (Lipinski definition) is 0. The summed E-state index contributed by atoms with van der Waals surface area (Å²) in [5.41, 5.74) is 5.82. The van der Waals surface area contributed by atoms with Crippen molar-refractivity contribution in [2.24, 2.45) is 11.8 Å². The molecular weight excluding hydrogens is 336 g/mol. The Bertz CT molecular complexity index is 1020. The molecule has 0 atom stereocenters. The van der Waals surface area contributed by atoms with Gasteiger partial charge in [0.15, 0.2) is 0 Å². The van der Waals surface area contributed by atoms with Crippen molar-refractivity contribution in [1.29, 1.82) is 0 Å². The highest BCUT2D eigenvalue weighted by Gasteiger charge is 2.17. The highest BCUT2D eigenvalue weighted by atomic mass is 14.2. The van der Waals surface area contributed by atoms with Crippen LogP contribution in [0.5, 0.6) is 0 Å². The van der Waals surface area contributed by atoms with Gasteiger partial charge in [-0.25, -0.2) is 0 Å². The van der Waals surface area contributed by atoms with Crippen molar-refractivity contribution in [3.05, 3.63) is 83.9 Å². The standard InChI is InChI=1S/C28H30/c1-19(2)17-23-15-13-21-9-5-7-11-25(21)27(23)28-24(18-20(3)4)16-14-22-10-6-8-12-26(22)28/h5-16,19-20H,17-18H2,1-4H3. The minimum Gasteiger partial charge on any atom is -0.0625 e. The van der Waals surface area contributed by atoms with Crippen LogP contribution >= 0.6 is 0 Å². The molecule has 0 unspecified atom stereocenters. The third kappa shape index (κ3) is 3.56. The maximum atomic E-state index is 2.36. The Morgan fingerprint density at radius 3 is 1.29 bits per heavy atom. The van der Waals surface area contributed by atoms with Gasteiger partial charge in [-0.1, -0.05) is 100 Å². The Kier molecular flexibility index (Phi) is 5.22. The molecule has 0 aliphatic heterocycles. The van der Waals surface area contributed by atoms with Gasteiger partial charge in [0.05, 0.1) is 0 Å². The molecule has 0 heteroatoms. The van der Waals surface area contributed by atoms with Crippen LogP contribution in [-0.2, 0) is 12.8 Å². The van der Waals surface area contributed by atoms with Crippen LogP contribution < -0.4 is 0 Å². The molecule has 4 rings (SSSR count). The lowest BCUT2D eigenvalue weighted by Gasteiger charge is -2.21. The van der Waals surface area contributed by atoms with Crippen molar-refractivity contribution in [2.45, 2.75) is 40.5 Å². The predicted octanol–water partition coefficient (Wildman–Crippen LogP) is 8.06. The summed E-state index contributed by atoms with van der Waals surface area (Å²) < 4.78 is 0. The van der Waals surface area contributed by atoms with Gasteiger partial charge in [0.25, 0.3) is 0 Å². The maximum absolute atomic E-state index is 2.36. The lowest BCUT2D eigenvalue weighted by Crippen LogP contribution is -2.02. The molecule has 0 aliphatic carbocycles. The molecule has 0 fully saturated rings. The first-order chi connectivity index (χ1) is 13.5. The van der Waals surface area contributed by atoms with Crippen LogP contribution in [0, 0.1) is 11.8 Å². The maximum Gasteiger partial charge on any atom is -0.00642 e. The molecule has 0 saturated carbocycles. The van der Waals surface area contributed by atoms with Gasteiger partial charge in [0.2, 0.25) is 0 Å². The van der Waals surface area contributed by atoms with E-state index in [0.29, 0.717) is 11.8 Å². The Balaban J connectivity index is 2.13. The van der Waals surface area contributed by atoms with Crippen molar-refractivity contribution in [2.75, 3.05) is 0 Å². The van der Waals surface area contributed by atoms with E-state index in [1.807, 2.05) is 0 Å². The molecule has 0 bridgehead atoms. The van der Waals surface area contributed by atoms with Gasteiger partial charge in [0.1, 0.15) is 0 Å². The normalized spacial score (nSPS) is 11.8. The molecule has 0 heterocycles. The summed E-state index contributed by atoms with van der Waals surface area (Å²) in [6, 6.07) is 27.0. The SMILES string of the molecule is CC(C)Cc1ccc2ccccc2c1-c1c(CC(C)C)ccc2ccccc12. The zero-order valence-electron chi connectivity index (χ0n) is 17.5. The van der Waals surface area contributed by atoms with Gasteiger partial charge in [-0.2, -0.15) is 0 Å². The molecule has 0 saturated heterocycles. The first kappa shape index (κ1) is 18.7. The van der Waals surface area contributed by atoms with Crippen molar-refractivity contribution < 1.29 is 0 Å². The van der Waals surface area contributed by atoms with Gasteiger partial charge < -0.3 is 0 Å². The highest BCUT2D eigenvalue weighted by Crippen LogP contribution is 2.40. The fourth-order valence-electron chi connectivity index (χ4n) is 4.44. The first-order valence-corrected chi connectivity index (χ1v) is 10.6. The van der Waals surface area contributed by atoms with E-state index in [9.17, 15) is 0 Å². The molecular formula is C28H30. The zero-order chi connectivity index (χ0) is 19.7. The molecule has 0 N–H and O–H groups in total. The molecule has 4 aromatic rings. The van der Waals surface area contributed by atoms with Crippen LogP contribution in [0.25, 0.3) is 32.7 Å². The first-order valence-electron chi connectivity index (χ1n) is 10.6. The van der Waals surface area contributed by atoms with Crippen LogP contribution in [0.2, 0.25) is 0 Å². The third-order valence-corrected chi connectivity index (χ3v) is 5.54. The fourth-order valence-corrected chi connectivity index (χ4v) is 4.44. The van der Waals surface area contributed by atoms with Crippen LogP contribution in [0.4, 0.5) is 0 Å². The van der Waals surface area contributed by atoms with Crippen molar-refractivity contribution in [1.82, 2.24) is 0 Å². The second-order valence-corrected chi connectivity index (χ2v) is 8.84. The van der Waals surface area contributed by atoms with E-state index in [4.69, 9.17) is 0 Å². The second kappa shape index (κ2) is 7.80. The topological polar surface area (TPSA) is 0 Å². The average Bonchev–Trinajstić information content (AvgIpc) is 2.67. The van der Waals surface area contributed by atoms with Crippen molar-refractivity contribution in [3.63, 3.8) is 0 Å². The molecule has 4 aromatic carbocycles. The van der Waals surface area contributed by atoms with E-state index in [2.05, 4.69) is 100 Å². The van der Waals surface area contributed by atoms with Gasteiger partial charge in [-0.05, 0) is 68.5 Å². The Labute approximate surface area is 169 Å². The number of hydrogen-bond donors (Lipinski definition) is 0. The van der Waals surface area contributed by atoms with E-state index >= 15 is 0 Å². The van der Waals surface area contributed by atoms with Gasteiger partial charge in [-0.15, -0.1) is 0 Å². The minimum absolute atomic E-state index is 0.628. The Hall–Kier alpha value is -2.60. The summed E-state index contributed by atoms with van der Waals surface area (Å²) in [4.78, 5) is 0. The Morgan fingerprint density at radius 2 is 0.893 bits per heavy atom. The quantitative estimate of drug-likeness (QED) is 0.335. The van der Waals surface area contributed by atoms with Crippen LogP contribution in [0.15, 0.2) is 72.8 Å². The molecule has 0 radical (unpaired) electrons. The molecule has 28 heavy (non-hydrogen) atoms. The number of benzene rings is 4. The zero-order valence-corrected chi connectivity index (χ0v) is 17.5. The molecule has 0 aromatic heterocycles. The largest absolute Gasteiger partial charge is 0.0625 e. The lowest BCUT2D eigenvalue weighted by molar-refractivity contribution is 0.645. The summed E-state index contributed by atoms with van der Waals surface area (Å²) in [6.07, 6.45) is 2.20. The lowest BCUT2D eigenvalue weighted by atomic mass is 9.83. The van der Waals surface area contributed by atoms with Crippen LogP contribution in [-0.4, -0.2) is 0 Å². The molecule has 0 amide bonds. The van der Waals surface area contributed by atoms with Crippen LogP contribution in [0.1, 0.15) is 38.8 Å². The fraction of sp³-hybridized carbons (Fsp3) is 0.286. The van der Waals surface area contributed by atoms with E-state index in [0.717, 1.165) is 12.8 Å². The molecule has 0 nitrogen and oxygen atoms in total. The monoisotopic (exact) mass is 366 g/mol. The van der Waals surface area contributed by atoms with Gasteiger partial charge in [0, 0.05) is 0 Å². The molecule has 0 spiro atoms. The van der Waals surface area contributed by atoms with E-state index in [1.165, 1.54) is 43.8 Å². The summed E-state index contributed by atoms with van der Waals surface area (Å²) in [7, 11) is 0. The van der Waals surface area contributed by atoms with Crippen molar-refractivity contribution in [3.8, 4) is 11.1 Å². The highest BCUT2D eigenvalue weighted by molar-refractivity contribution is 6.07. The second-order valence-electron chi connectivity index (χ2n) is 8.84. The minimum atomic E-state index is 0.628. The summed E-state index contributed by atoms with van der Waals surface area (Å²) in [5.74, 6) is 1.26. The number of fused-ring (bicyclic) bond motifs is 2. The van der Waals surface area contributed by atoms with E-state index in [1.54, 1.807) is 0 Å². The summed E-state index contributed by atoms with van der Waals surface area (Å²) >= 11 is 0. The predicted molar refractivity (Wildman–Crippen MR) is 124 cm³/mol. The summed E-state index contributed by atoms with van der Waals surface area (Å²) in [5, 5.41) is 5.41. The third-order valence-electron chi connectivity index (χ3n) is 5.54. The van der Waals surface area contributed by atoms with Crippen molar-refractivity contribution >= 4 is 21.5 Å². The molecule has 0 aliphatic rings.